The third-order valence-corrected chi connectivity index (χ3v) is 3.31. The van der Waals surface area contributed by atoms with E-state index in [2.05, 4.69) is 308 Å². The largest absolute Gasteiger partial charge is 0.183 e. The van der Waals surface area contributed by atoms with Gasteiger partial charge in [0, 0.05) is 255 Å². The predicted octanol–water partition coefficient (Wildman–Crippen LogP) is 0.618. The van der Waals surface area contributed by atoms with Crippen LogP contribution in [0, 0.1) is 319 Å². The van der Waals surface area contributed by atoms with Gasteiger partial charge < -0.3 is 0 Å². The maximum absolute atomic E-state index is 8.19. The lowest BCUT2D eigenvalue weighted by Gasteiger charge is -1.57. The summed E-state index contributed by atoms with van der Waals surface area (Å²) in [5.41, 5.74) is 0. The lowest BCUT2D eigenvalue weighted by Crippen LogP contribution is -1.57. The minimum atomic E-state index is 1.63. The lowest BCUT2D eigenvalue weighted by atomic mass is 10.4. The van der Waals surface area contributed by atoms with Crippen LogP contribution in [0.1, 0.15) is 6.92 Å². The highest BCUT2D eigenvalue weighted by Crippen LogP contribution is 1.62. The van der Waals surface area contributed by atoms with E-state index in [0.717, 1.165) is 0 Å². The summed E-state index contributed by atoms with van der Waals surface area (Å²) in [6.07, 6.45) is 0. The van der Waals surface area contributed by atoms with Gasteiger partial charge >= 0.3 is 0 Å². The van der Waals surface area contributed by atoms with E-state index in [4.69, 9.17) is 5.26 Å². The molecule has 0 heterocycles. The minimum Gasteiger partial charge on any atom is -0.183 e. The summed E-state index contributed by atoms with van der Waals surface area (Å²) >= 11 is 0. The first kappa shape index (κ1) is 43.0. The smallest absolute Gasteiger partial charge is 0.153 e. The van der Waals surface area contributed by atoms with Gasteiger partial charge in [0.15, 0.2) is 6.07 Å². The summed E-state index contributed by atoms with van der Waals surface area (Å²) in [4.78, 5) is 0. The van der Waals surface area contributed by atoms with Crippen molar-refractivity contribution in [2.75, 3.05) is 0 Å². The maximum atomic E-state index is 8.19. The van der Waals surface area contributed by atoms with Gasteiger partial charge in [0.2, 0.25) is 0 Å². The van der Waals surface area contributed by atoms with Crippen molar-refractivity contribution in [3.63, 3.8) is 0 Å². The molecule has 0 spiro atoms. The van der Waals surface area contributed by atoms with Gasteiger partial charge in [-0.2, -0.15) is 5.26 Å². The lowest BCUT2D eigenvalue weighted by molar-refractivity contribution is 1.55. The van der Waals surface area contributed by atoms with Crippen LogP contribution in [-0.4, -0.2) is 0 Å². The molecule has 1 nitrogen and oxygen atoms in total. The summed E-state index contributed by atoms with van der Waals surface area (Å²) in [6.45, 7) is 1.69. The van der Waals surface area contributed by atoms with Crippen LogP contribution in [0.5, 0.6) is 0 Å². The predicted molar refractivity (Wildman–Crippen MR) is 213 cm³/mol. The van der Waals surface area contributed by atoms with Crippen molar-refractivity contribution in [2.45, 2.75) is 6.92 Å². The Bertz CT molecular complexity index is 3420. The molecule has 0 rings (SSSR count). The number of nitriles is 1. The van der Waals surface area contributed by atoms with Gasteiger partial charge in [-0.1, -0.05) is 5.92 Å². The van der Waals surface area contributed by atoms with Crippen LogP contribution in [0.15, 0.2) is 0 Å². The number of hydrogen-bond acceptors (Lipinski definition) is 1. The summed E-state index contributed by atoms with van der Waals surface area (Å²) in [5, 5.41) is 8.19. The van der Waals surface area contributed by atoms with Crippen LogP contribution < -0.4 is 0 Å². The molecule has 0 saturated carbocycles. The van der Waals surface area contributed by atoms with Gasteiger partial charge in [0.25, 0.3) is 0 Å². The van der Waals surface area contributed by atoms with Crippen LogP contribution in [0.25, 0.3) is 0 Å². The maximum Gasteiger partial charge on any atom is 0.153 e. The van der Waals surface area contributed by atoms with Crippen LogP contribution in [-0.2, 0) is 0 Å². The Morgan fingerprint density at radius 3 is 0.327 bits per heavy atom. The Kier molecular flexibility index (Phi) is 32.9. The van der Waals surface area contributed by atoms with Gasteiger partial charge in [0.1, 0.15) is 0 Å². The van der Waals surface area contributed by atoms with Crippen LogP contribution in [0.2, 0.25) is 0 Å². The fourth-order valence-electron chi connectivity index (χ4n) is 1.62. The van der Waals surface area contributed by atoms with Gasteiger partial charge in [-0.3, -0.25) is 0 Å². The number of nitrogens with zero attached hydrogens (tertiary/aromatic N) is 1. The van der Waals surface area contributed by atoms with Gasteiger partial charge in [-0.05, 0) is 54.3 Å². The molecule has 0 aliphatic carbocycles. The summed E-state index contributed by atoms with van der Waals surface area (Å²) in [7, 11) is 0. The molecular formula is C54H3N. The van der Waals surface area contributed by atoms with Crippen molar-refractivity contribution in [1.82, 2.24) is 0 Å². The van der Waals surface area contributed by atoms with Crippen molar-refractivity contribution < 1.29 is 0 Å². The van der Waals surface area contributed by atoms with Gasteiger partial charge in [-0.15, -0.1) is 0 Å². The Balaban J connectivity index is 4.57. The first-order chi connectivity index (χ1) is 27.4. The second kappa shape index (κ2) is 42.0. The summed E-state index contributed by atoms with van der Waals surface area (Å²) in [6, 6.07) is 1.63. The van der Waals surface area contributed by atoms with Gasteiger partial charge in [0.05, 0.1) is 0 Å². The van der Waals surface area contributed by atoms with Gasteiger partial charge in [-0.25, -0.2) is 0 Å². The Morgan fingerprint density at radius 2 is 0.236 bits per heavy atom. The Morgan fingerprint density at radius 1 is 0.145 bits per heavy atom. The highest BCUT2D eigenvalue weighted by molar-refractivity contribution is 5.51. The molecule has 0 saturated heterocycles. The standard InChI is InChI=1S/C54H3N/c1-2-3-4-5-6-7-8-9-10-11-12-13-14-15-16-17-18-19-20-21-22-23-24-25-26-27-28-29-30-31-32-33-34-35-36-37-38-39-40-41-42-43-44-45-46-47-48-49-50-51-52-53-54-55/h1H3. The molecule has 0 bridgehead atoms. The number of hydrogen-bond donors (Lipinski definition) is 0. The molecule has 0 aromatic heterocycles. The molecule has 0 atom stereocenters. The molecule has 1 heteroatoms. The van der Waals surface area contributed by atoms with E-state index in [9.17, 15) is 0 Å². The molecule has 0 aliphatic heterocycles. The third kappa shape index (κ3) is 42.0. The van der Waals surface area contributed by atoms with Crippen molar-refractivity contribution in [2.24, 2.45) is 0 Å². The molecule has 0 amide bonds. The fourth-order valence-corrected chi connectivity index (χ4v) is 1.62. The summed E-state index contributed by atoms with van der Waals surface area (Å²) < 4.78 is 0. The van der Waals surface area contributed by atoms with E-state index in [-0.39, 0.29) is 0 Å². The highest BCUT2D eigenvalue weighted by atomic mass is 14.2. The van der Waals surface area contributed by atoms with Crippen LogP contribution >= 0.6 is 0 Å². The minimum absolute atomic E-state index is 1.63. The third-order valence-electron chi connectivity index (χ3n) is 3.31. The zero-order valence-electron chi connectivity index (χ0n) is 27.9. The first-order valence-electron chi connectivity index (χ1n) is 13.7. The Labute approximate surface area is 324 Å². The van der Waals surface area contributed by atoms with Crippen molar-refractivity contribution in [1.29, 1.82) is 5.26 Å². The van der Waals surface area contributed by atoms with Crippen LogP contribution in [0.4, 0.5) is 0 Å². The second-order valence-electron chi connectivity index (χ2n) is 6.74. The average molecular weight is 666 g/mol. The quantitative estimate of drug-likeness (QED) is 0.349. The monoisotopic (exact) mass is 665 g/mol. The normalized spacial score (nSPS) is 3.93. The van der Waals surface area contributed by atoms with Crippen molar-refractivity contribution in [3.8, 4) is 314 Å². The second-order valence-corrected chi connectivity index (χ2v) is 6.74. The van der Waals surface area contributed by atoms with Crippen molar-refractivity contribution in [3.05, 3.63) is 0 Å². The topological polar surface area (TPSA) is 23.8 Å². The fraction of sp³-hybridized carbons (Fsp3) is 0.0185. The number of rotatable bonds is 0. The molecular weight excluding hydrogens is 663 g/mol. The molecule has 224 valence electrons. The van der Waals surface area contributed by atoms with E-state index in [1.165, 1.54) is 0 Å². The molecule has 0 radical (unpaired) electrons. The van der Waals surface area contributed by atoms with E-state index in [1.54, 1.807) is 13.0 Å². The van der Waals surface area contributed by atoms with Crippen molar-refractivity contribution >= 4 is 0 Å². The van der Waals surface area contributed by atoms with E-state index in [0.29, 0.717) is 0 Å². The molecule has 55 heavy (non-hydrogen) atoms. The first-order valence-corrected chi connectivity index (χ1v) is 13.7. The molecule has 0 aliphatic rings. The zero-order chi connectivity index (χ0) is 39.5. The Hall–Kier alpha value is -12.0. The SMILES string of the molecule is CC#CC#CC#CC#CC#CC#CC#CC#CC#CC#CC#CC#CC#CC#CC#CC#CC#CC#CC#CC#CC#CC#CC#CC#CC#CC#CC#N. The average Bonchev–Trinajstić information content (AvgIpc) is 3.20. The van der Waals surface area contributed by atoms with Crippen LogP contribution in [0.3, 0.4) is 0 Å². The molecule has 0 unspecified atom stereocenters. The van der Waals surface area contributed by atoms with E-state index >= 15 is 0 Å². The molecule has 0 aromatic carbocycles. The van der Waals surface area contributed by atoms with E-state index < -0.39 is 0 Å². The molecule has 0 N–H and O–H groups in total. The molecule has 0 fully saturated rings. The zero-order valence-corrected chi connectivity index (χ0v) is 27.9. The summed E-state index contributed by atoms with van der Waals surface area (Å²) in [5.74, 6) is 129. The molecule has 0 aromatic rings. The highest BCUT2D eigenvalue weighted by Gasteiger charge is 1.62. The van der Waals surface area contributed by atoms with E-state index in [1.807, 2.05) is 0 Å².